The molecule has 2 amide bonds. The van der Waals surface area contributed by atoms with Crippen LogP contribution in [0.25, 0.3) is 33.7 Å². The van der Waals surface area contributed by atoms with E-state index >= 15 is 0 Å². The summed E-state index contributed by atoms with van der Waals surface area (Å²) in [4.78, 5) is 33.4. The van der Waals surface area contributed by atoms with Crippen LogP contribution in [-0.4, -0.2) is 33.5 Å². The summed E-state index contributed by atoms with van der Waals surface area (Å²) in [7, 11) is 0. The number of carbonyl (C=O) groups excluding carboxylic acids is 2. The molecule has 0 saturated carbocycles. The summed E-state index contributed by atoms with van der Waals surface area (Å²) in [5.74, 6) is -0.00427. The number of carbonyl (C=O) groups is 2. The second-order valence-electron chi connectivity index (χ2n) is 7.47. The van der Waals surface area contributed by atoms with Crippen LogP contribution >= 0.6 is 0 Å². The zero-order valence-corrected chi connectivity index (χ0v) is 18.3. The second kappa shape index (κ2) is 9.84. The summed E-state index contributed by atoms with van der Waals surface area (Å²) < 4.78 is 11.1. The van der Waals surface area contributed by atoms with Gasteiger partial charge in [0.15, 0.2) is 6.61 Å². The van der Waals surface area contributed by atoms with E-state index in [0.29, 0.717) is 22.7 Å². The van der Waals surface area contributed by atoms with Crippen LogP contribution in [0.15, 0.2) is 95.5 Å². The third-order valence-corrected chi connectivity index (χ3v) is 5.08. The molecular formula is C26H19N5O4. The minimum absolute atomic E-state index is 0.181. The Morgan fingerprint density at radius 2 is 1.57 bits per heavy atom. The first kappa shape index (κ1) is 21.8. The average molecular weight is 465 g/mol. The van der Waals surface area contributed by atoms with E-state index in [0.717, 1.165) is 10.9 Å². The Labute approximate surface area is 199 Å². The normalized spacial score (nSPS) is 10.6. The first-order chi connectivity index (χ1) is 17.2. The second-order valence-corrected chi connectivity index (χ2v) is 7.47. The lowest BCUT2D eigenvalue weighted by atomic mass is 10.2. The highest BCUT2D eigenvalue weighted by atomic mass is 16.5. The van der Waals surface area contributed by atoms with Gasteiger partial charge in [-0.25, -0.2) is 4.98 Å². The number of hydrogen-bond acceptors (Lipinski definition) is 7. The third-order valence-electron chi connectivity index (χ3n) is 5.08. The Morgan fingerprint density at radius 3 is 2.46 bits per heavy atom. The van der Waals surface area contributed by atoms with Gasteiger partial charge in [0.1, 0.15) is 11.4 Å². The smallest absolute Gasteiger partial charge is 0.288 e. The molecule has 0 spiro atoms. The molecule has 9 nitrogen and oxygen atoms in total. The fourth-order valence-electron chi connectivity index (χ4n) is 3.37. The van der Waals surface area contributed by atoms with Crippen molar-refractivity contribution in [3.8, 4) is 28.6 Å². The Balaban J connectivity index is 1.20. The van der Waals surface area contributed by atoms with Crippen molar-refractivity contribution in [1.82, 2.24) is 26.0 Å². The van der Waals surface area contributed by atoms with E-state index in [1.165, 1.54) is 0 Å². The summed E-state index contributed by atoms with van der Waals surface area (Å²) >= 11 is 0. The van der Waals surface area contributed by atoms with E-state index in [2.05, 4.69) is 26.0 Å². The molecule has 0 atom stereocenters. The standard InChI is InChI=1S/C26H19N5O4/c32-23(29-30-25(33)21-15-14-17-8-4-6-12-20(17)27-21)16-34-22-13-7-5-11-19(22)26-28-24(31-35-26)18-9-2-1-3-10-18/h1-15H,16H2,(H,29,32)(H,30,33). The summed E-state index contributed by atoms with van der Waals surface area (Å²) in [5.41, 5.74) is 6.90. The molecule has 2 N–H and O–H groups in total. The number of ether oxygens (including phenoxy) is 1. The fraction of sp³-hybridized carbons (Fsp3) is 0.0385. The summed E-state index contributed by atoms with van der Waals surface area (Å²) in [5, 5.41) is 4.94. The van der Waals surface area contributed by atoms with Gasteiger partial charge < -0.3 is 9.26 Å². The molecule has 5 aromatic rings. The van der Waals surface area contributed by atoms with Gasteiger partial charge in [0.05, 0.1) is 11.1 Å². The molecule has 2 aromatic heterocycles. The van der Waals surface area contributed by atoms with E-state index in [-0.39, 0.29) is 18.2 Å². The first-order valence-electron chi connectivity index (χ1n) is 10.7. The number of nitrogens with zero attached hydrogens (tertiary/aromatic N) is 3. The van der Waals surface area contributed by atoms with Gasteiger partial charge in [-0.05, 0) is 24.3 Å². The molecule has 0 saturated heterocycles. The van der Waals surface area contributed by atoms with Crippen LogP contribution in [0.1, 0.15) is 10.5 Å². The molecule has 0 radical (unpaired) electrons. The van der Waals surface area contributed by atoms with Gasteiger partial charge in [-0.15, -0.1) is 0 Å². The molecule has 3 aromatic carbocycles. The van der Waals surface area contributed by atoms with Gasteiger partial charge in [-0.1, -0.05) is 71.9 Å². The Morgan fingerprint density at radius 1 is 0.800 bits per heavy atom. The lowest BCUT2D eigenvalue weighted by Crippen LogP contribution is -2.44. The van der Waals surface area contributed by atoms with Crippen LogP contribution in [-0.2, 0) is 4.79 Å². The largest absolute Gasteiger partial charge is 0.483 e. The van der Waals surface area contributed by atoms with Crippen molar-refractivity contribution in [2.75, 3.05) is 6.61 Å². The summed E-state index contributed by atoms with van der Waals surface area (Å²) in [6.45, 7) is -0.345. The maximum absolute atomic E-state index is 12.4. The van der Waals surface area contributed by atoms with E-state index in [4.69, 9.17) is 9.26 Å². The quantitative estimate of drug-likeness (QED) is 0.366. The van der Waals surface area contributed by atoms with Gasteiger partial charge in [-0.2, -0.15) is 4.98 Å². The van der Waals surface area contributed by atoms with Crippen LogP contribution < -0.4 is 15.6 Å². The molecule has 2 heterocycles. The van der Waals surface area contributed by atoms with Crippen LogP contribution in [0.5, 0.6) is 5.75 Å². The van der Waals surface area contributed by atoms with Crippen molar-refractivity contribution in [2.45, 2.75) is 0 Å². The number of fused-ring (bicyclic) bond motifs is 1. The van der Waals surface area contributed by atoms with E-state index < -0.39 is 11.8 Å². The Kier molecular flexibility index (Phi) is 6.12. The third kappa shape index (κ3) is 4.98. The predicted octanol–water partition coefficient (Wildman–Crippen LogP) is 3.79. The average Bonchev–Trinajstić information content (AvgIpc) is 3.41. The molecule has 0 fully saturated rings. The number of benzene rings is 3. The maximum Gasteiger partial charge on any atom is 0.288 e. The van der Waals surface area contributed by atoms with Crippen molar-refractivity contribution >= 4 is 22.7 Å². The van der Waals surface area contributed by atoms with Crippen molar-refractivity contribution in [1.29, 1.82) is 0 Å². The summed E-state index contributed by atoms with van der Waals surface area (Å²) in [6, 6.07) is 27.2. The minimum Gasteiger partial charge on any atom is -0.483 e. The molecule has 172 valence electrons. The van der Waals surface area contributed by atoms with E-state index in [1.807, 2.05) is 54.6 Å². The number of hydrazine groups is 1. The first-order valence-corrected chi connectivity index (χ1v) is 10.7. The van der Waals surface area contributed by atoms with Crippen molar-refractivity contribution in [2.24, 2.45) is 0 Å². The van der Waals surface area contributed by atoms with Gasteiger partial charge in [0.25, 0.3) is 17.7 Å². The molecule has 9 heteroatoms. The summed E-state index contributed by atoms with van der Waals surface area (Å²) in [6.07, 6.45) is 0. The lowest BCUT2D eigenvalue weighted by molar-refractivity contribution is -0.123. The Hall–Kier alpha value is -5.05. The highest BCUT2D eigenvalue weighted by molar-refractivity contribution is 5.96. The Bertz CT molecular complexity index is 1500. The molecule has 5 rings (SSSR count). The number of amides is 2. The number of pyridine rings is 1. The zero-order valence-electron chi connectivity index (χ0n) is 18.3. The number of rotatable bonds is 6. The van der Waals surface area contributed by atoms with Crippen molar-refractivity contribution in [3.05, 3.63) is 96.7 Å². The van der Waals surface area contributed by atoms with E-state index in [1.54, 1.807) is 36.4 Å². The topological polar surface area (TPSA) is 119 Å². The molecular weight excluding hydrogens is 446 g/mol. The molecule has 0 unspecified atom stereocenters. The predicted molar refractivity (Wildman–Crippen MR) is 128 cm³/mol. The fourth-order valence-corrected chi connectivity index (χ4v) is 3.37. The lowest BCUT2D eigenvalue weighted by Gasteiger charge is -2.10. The molecule has 0 aliphatic rings. The van der Waals surface area contributed by atoms with Crippen LogP contribution in [0.3, 0.4) is 0 Å². The number of para-hydroxylation sites is 2. The maximum atomic E-state index is 12.4. The van der Waals surface area contributed by atoms with E-state index in [9.17, 15) is 9.59 Å². The number of nitrogens with one attached hydrogen (secondary N) is 2. The van der Waals surface area contributed by atoms with Crippen LogP contribution in [0.2, 0.25) is 0 Å². The highest BCUT2D eigenvalue weighted by Crippen LogP contribution is 2.30. The van der Waals surface area contributed by atoms with Gasteiger partial charge >= 0.3 is 0 Å². The number of aromatic nitrogens is 3. The van der Waals surface area contributed by atoms with Gasteiger partial charge in [0, 0.05) is 10.9 Å². The van der Waals surface area contributed by atoms with Crippen LogP contribution in [0.4, 0.5) is 0 Å². The molecule has 35 heavy (non-hydrogen) atoms. The zero-order chi connectivity index (χ0) is 24.0. The molecule has 0 aliphatic heterocycles. The van der Waals surface area contributed by atoms with Gasteiger partial charge in [0.2, 0.25) is 5.82 Å². The minimum atomic E-state index is -0.551. The SMILES string of the molecule is O=C(COc1ccccc1-c1nc(-c2ccccc2)no1)NNC(=O)c1ccc2ccccc2n1. The monoisotopic (exact) mass is 465 g/mol. The molecule has 0 aliphatic carbocycles. The van der Waals surface area contributed by atoms with Crippen molar-refractivity contribution in [3.63, 3.8) is 0 Å². The van der Waals surface area contributed by atoms with Crippen molar-refractivity contribution < 1.29 is 18.8 Å². The molecule has 0 bridgehead atoms. The van der Waals surface area contributed by atoms with Crippen LogP contribution in [0, 0.1) is 0 Å². The number of hydrogen-bond donors (Lipinski definition) is 2. The van der Waals surface area contributed by atoms with Gasteiger partial charge in [-0.3, -0.25) is 20.4 Å². The highest BCUT2D eigenvalue weighted by Gasteiger charge is 2.16.